The van der Waals surface area contributed by atoms with Crippen molar-refractivity contribution in [3.8, 4) is 5.75 Å². The summed E-state index contributed by atoms with van der Waals surface area (Å²) in [6.45, 7) is -1.27. The first-order valence-corrected chi connectivity index (χ1v) is 7.05. The van der Waals surface area contributed by atoms with Crippen molar-refractivity contribution in [3.63, 3.8) is 0 Å². The van der Waals surface area contributed by atoms with Crippen LogP contribution in [0.25, 0.3) is 0 Å². The lowest BCUT2D eigenvalue weighted by Crippen LogP contribution is -2.48. The van der Waals surface area contributed by atoms with E-state index in [-0.39, 0.29) is 12.3 Å². The molecule has 0 aromatic heterocycles. The van der Waals surface area contributed by atoms with Gasteiger partial charge in [-0.2, -0.15) is 8.78 Å². The van der Waals surface area contributed by atoms with Crippen molar-refractivity contribution in [2.24, 2.45) is 0 Å². The highest BCUT2D eigenvalue weighted by Crippen LogP contribution is 2.26. The molecule has 0 aliphatic carbocycles. The zero-order chi connectivity index (χ0) is 18.8. The van der Waals surface area contributed by atoms with E-state index in [0.717, 1.165) is 12.1 Å². The maximum Gasteiger partial charge on any atom is 0.387 e. The van der Waals surface area contributed by atoms with Crippen LogP contribution in [0.2, 0.25) is 0 Å². The molecule has 1 aromatic carbocycles. The molecule has 1 atom stereocenters. The van der Waals surface area contributed by atoms with E-state index in [1.165, 1.54) is 14.0 Å². The number of amides is 3. The van der Waals surface area contributed by atoms with Crippen LogP contribution in [0.1, 0.15) is 6.92 Å². The lowest BCUT2D eigenvalue weighted by molar-refractivity contribution is -0.133. The molecule has 11 heteroatoms. The number of hydrogen-bond acceptors (Lipinski definition) is 5. The van der Waals surface area contributed by atoms with E-state index >= 15 is 0 Å². The highest BCUT2D eigenvalue weighted by atomic mass is 19.3. The summed E-state index contributed by atoms with van der Waals surface area (Å²) in [4.78, 5) is 23.3. The predicted octanol–water partition coefficient (Wildman–Crippen LogP) is 1.63. The van der Waals surface area contributed by atoms with E-state index in [1.807, 2.05) is 5.43 Å². The van der Waals surface area contributed by atoms with Gasteiger partial charge in [0, 0.05) is 13.2 Å². The van der Waals surface area contributed by atoms with Gasteiger partial charge >= 0.3 is 12.6 Å². The number of carbonyl (C=O) groups is 2. The van der Waals surface area contributed by atoms with Crippen molar-refractivity contribution in [2.45, 2.75) is 19.6 Å². The number of hydrogen-bond donors (Lipinski definition) is 3. The molecule has 1 rings (SSSR count). The van der Waals surface area contributed by atoms with Crippen LogP contribution in [0.4, 0.5) is 23.7 Å². The summed E-state index contributed by atoms with van der Waals surface area (Å²) in [5.41, 5.74) is 3.86. The minimum absolute atomic E-state index is 0.182. The zero-order valence-corrected chi connectivity index (χ0v) is 13.5. The number of halogens is 3. The van der Waals surface area contributed by atoms with Crippen molar-refractivity contribution < 1.29 is 37.0 Å². The molecule has 0 saturated heterocycles. The Bertz CT molecular complexity index is 589. The van der Waals surface area contributed by atoms with Crippen molar-refractivity contribution in [3.05, 3.63) is 24.0 Å². The van der Waals surface area contributed by atoms with Gasteiger partial charge in [0.15, 0.2) is 5.75 Å². The molecular formula is C14H18F3N3O5. The number of nitrogens with one attached hydrogen (secondary N) is 3. The van der Waals surface area contributed by atoms with Gasteiger partial charge in [-0.05, 0) is 19.1 Å². The Labute approximate surface area is 141 Å². The van der Waals surface area contributed by atoms with Crippen LogP contribution in [0.3, 0.4) is 0 Å². The first-order valence-electron chi connectivity index (χ1n) is 7.05. The third-order valence-electron chi connectivity index (χ3n) is 2.73. The fraction of sp³-hybridized carbons (Fsp3) is 0.429. The smallest absolute Gasteiger partial charge is 0.387 e. The van der Waals surface area contributed by atoms with Crippen LogP contribution in [0.5, 0.6) is 5.75 Å². The minimum atomic E-state index is -3.20. The van der Waals surface area contributed by atoms with Crippen LogP contribution in [0, 0.1) is 5.82 Å². The molecule has 0 aliphatic rings. The number of ether oxygens (including phenoxy) is 3. The Hall–Kier alpha value is -2.53. The summed E-state index contributed by atoms with van der Waals surface area (Å²) < 4.78 is 51.6. The van der Waals surface area contributed by atoms with E-state index in [4.69, 9.17) is 9.47 Å². The van der Waals surface area contributed by atoms with Crippen LogP contribution >= 0.6 is 0 Å². The third kappa shape index (κ3) is 7.72. The number of benzene rings is 1. The summed E-state index contributed by atoms with van der Waals surface area (Å²) in [5, 5.41) is 2.14. The quantitative estimate of drug-likeness (QED) is 0.481. The fourth-order valence-electron chi connectivity index (χ4n) is 1.55. The second-order valence-corrected chi connectivity index (χ2v) is 4.59. The summed E-state index contributed by atoms with van der Waals surface area (Å²) in [7, 11) is 1.47. The largest absolute Gasteiger partial charge is 0.432 e. The second kappa shape index (κ2) is 10.4. The van der Waals surface area contributed by atoms with Gasteiger partial charge in [0.2, 0.25) is 0 Å². The molecule has 0 aliphatic heterocycles. The van der Waals surface area contributed by atoms with E-state index in [9.17, 15) is 22.8 Å². The average Bonchev–Trinajstić information content (AvgIpc) is 2.54. The van der Waals surface area contributed by atoms with E-state index in [1.54, 1.807) is 0 Å². The molecule has 0 radical (unpaired) electrons. The van der Waals surface area contributed by atoms with Crippen LogP contribution in [-0.4, -0.2) is 45.0 Å². The summed E-state index contributed by atoms with van der Waals surface area (Å²) in [5.74, 6) is -2.03. The average molecular weight is 365 g/mol. The summed E-state index contributed by atoms with van der Waals surface area (Å²) in [6, 6.07) is 1.71. The number of methoxy groups -OCH3 is 1. The Morgan fingerprint density at radius 3 is 2.56 bits per heavy atom. The highest BCUT2D eigenvalue weighted by Gasteiger charge is 2.16. The van der Waals surface area contributed by atoms with E-state index in [2.05, 4.69) is 15.5 Å². The van der Waals surface area contributed by atoms with Crippen LogP contribution < -0.4 is 20.9 Å². The lowest BCUT2D eigenvalue weighted by Gasteiger charge is -2.15. The molecule has 3 N–H and O–H groups in total. The molecule has 0 bridgehead atoms. The van der Waals surface area contributed by atoms with Gasteiger partial charge in [-0.1, -0.05) is 0 Å². The predicted molar refractivity (Wildman–Crippen MR) is 80.6 cm³/mol. The number of anilines is 1. The van der Waals surface area contributed by atoms with E-state index < -0.39 is 36.2 Å². The first kappa shape index (κ1) is 20.5. The van der Waals surface area contributed by atoms with Gasteiger partial charge in [-0.15, -0.1) is 0 Å². The van der Waals surface area contributed by atoms with Crippen LogP contribution in [0.15, 0.2) is 18.2 Å². The number of hydrazine groups is 1. The molecule has 0 fully saturated rings. The molecule has 0 heterocycles. The number of urea groups is 1. The molecule has 140 valence electrons. The molecule has 8 nitrogen and oxygen atoms in total. The third-order valence-corrected chi connectivity index (χ3v) is 2.73. The first-order chi connectivity index (χ1) is 11.8. The number of carbonyl (C=O) groups excluding carboxylic acids is 2. The molecule has 1 aromatic rings. The van der Waals surface area contributed by atoms with Gasteiger partial charge in [0.1, 0.15) is 11.9 Å². The monoisotopic (exact) mass is 365 g/mol. The topological polar surface area (TPSA) is 97.9 Å². The van der Waals surface area contributed by atoms with Gasteiger partial charge in [-0.25, -0.2) is 14.6 Å². The van der Waals surface area contributed by atoms with Crippen molar-refractivity contribution >= 4 is 17.6 Å². The molecule has 0 spiro atoms. The van der Waals surface area contributed by atoms with Gasteiger partial charge in [0.25, 0.3) is 5.91 Å². The Morgan fingerprint density at radius 2 is 1.92 bits per heavy atom. The van der Waals surface area contributed by atoms with Crippen LogP contribution in [-0.2, 0) is 14.3 Å². The summed E-state index contributed by atoms with van der Waals surface area (Å²) >= 11 is 0. The lowest BCUT2D eigenvalue weighted by atomic mass is 10.3. The standard InChI is InChI=1S/C14H18F3N3O5/c1-8(24-6-5-23-2)12(21)19-20-14(22)18-10-4-3-9(15)7-11(10)25-13(16)17/h3-4,7-8,13H,5-6H2,1-2H3,(H,19,21)(H2,18,20,22)/t8-/m0/s1. The Morgan fingerprint density at radius 1 is 1.20 bits per heavy atom. The van der Waals surface area contributed by atoms with Crippen molar-refractivity contribution in [1.82, 2.24) is 10.9 Å². The number of rotatable bonds is 8. The summed E-state index contributed by atoms with van der Waals surface area (Å²) in [6.07, 6.45) is -0.862. The molecule has 0 saturated carbocycles. The molecular weight excluding hydrogens is 347 g/mol. The Kier molecular flexibility index (Phi) is 8.50. The fourth-order valence-corrected chi connectivity index (χ4v) is 1.55. The maximum absolute atomic E-state index is 13.1. The molecule has 0 unspecified atom stereocenters. The van der Waals surface area contributed by atoms with Crippen molar-refractivity contribution in [2.75, 3.05) is 25.6 Å². The highest BCUT2D eigenvalue weighted by molar-refractivity contribution is 5.92. The normalized spacial score (nSPS) is 11.8. The van der Waals surface area contributed by atoms with Gasteiger partial charge in [-0.3, -0.25) is 10.2 Å². The Balaban J connectivity index is 2.53. The molecule has 3 amide bonds. The van der Waals surface area contributed by atoms with E-state index in [0.29, 0.717) is 12.7 Å². The zero-order valence-electron chi connectivity index (χ0n) is 13.5. The van der Waals surface area contributed by atoms with Crippen molar-refractivity contribution in [1.29, 1.82) is 0 Å². The SMILES string of the molecule is COCCO[C@@H](C)C(=O)NNC(=O)Nc1ccc(F)cc1OC(F)F. The maximum atomic E-state index is 13.1. The second-order valence-electron chi connectivity index (χ2n) is 4.59. The van der Waals surface area contributed by atoms with Gasteiger partial charge in [0.05, 0.1) is 18.9 Å². The molecule has 25 heavy (non-hydrogen) atoms. The minimum Gasteiger partial charge on any atom is -0.432 e. The number of alkyl halides is 2. The van der Waals surface area contributed by atoms with Gasteiger partial charge < -0.3 is 19.5 Å².